The zero-order chi connectivity index (χ0) is 55.7. The second kappa shape index (κ2) is 66.7. The van der Waals surface area contributed by atoms with E-state index in [4.69, 9.17) is 14.2 Å². The second-order valence-electron chi connectivity index (χ2n) is 24.2. The minimum atomic E-state index is -0.769. The Bertz CT molecular complexity index is 1200. The molecule has 77 heavy (non-hydrogen) atoms. The van der Waals surface area contributed by atoms with Crippen LogP contribution in [0.15, 0.2) is 12.2 Å². The molecule has 1 unspecified atom stereocenters. The molecule has 0 saturated carbocycles. The molecule has 0 spiro atoms. The summed E-state index contributed by atoms with van der Waals surface area (Å²) in [6.45, 7) is 6.66. The maximum Gasteiger partial charge on any atom is 0.306 e. The van der Waals surface area contributed by atoms with Crippen LogP contribution in [0.4, 0.5) is 0 Å². The normalized spacial score (nSPS) is 12.0. The summed E-state index contributed by atoms with van der Waals surface area (Å²) in [5.74, 6) is -0.845. The summed E-state index contributed by atoms with van der Waals surface area (Å²) in [7, 11) is 0. The van der Waals surface area contributed by atoms with E-state index in [-0.39, 0.29) is 31.1 Å². The molecule has 0 aliphatic carbocycles. The number of carbonyl (C=O) groups excluding carboxylic acids is 3. The highest BCUT2D eigenvalue weighted by molar-refractivity contribution is 5.71. The number of hydrogen-bond acceptors (Lipinski definition) is 6. The molecule has 0 heterocycles. The Labute approximate surface area is 481 Å². The van der Waals surface area contributed by atoms with E-state index in [1.54, 1.807) is 0 Å². The molecule has 0 N–H and O–H groups in total. The molecule has 456 valence electrons. The molecule has 0 bridgehead atoms. The lowest BCUT2D eigenvalue weighted by Gasteiger charge is -2.18. The van der Waals surface area contributed by atoms with Gasteiger partial charge in [0.25, 0.3) is 0 Å². The quantitative estimate of drug-likeness (QED) is 0.0261. The highest BCUT2D eigenvalue weighted by atomic mass is 16.6. The van der Waals surface area contributed by atoms with Gasteiger partial charge >= 0.3 is 17.9 Å². The maximum absolute atomic E-state index is 12.9. The summed E-state index contributed by atoms with van der Waals surface area (Å²) in [6.07, 6.45) is 79.8. The molecule has 0 radical (unpaired) electrons. The summed E-state index contributed by atoms with van der Waals surface area (Å²) in [4.78, 5) is 38.3. The van der Waals surface area contributed by atoms with Gasteiger partial charge in [-0.3, -0.25) is 14.4 Å². The van der Waals surface area contributed by atoms with E-state index >= 15 is 0 Å². The fraction of sp³-hybridized carbons (Fsp3) is 0.930. The van der Waals surface area contributed by atoms with Crippen molar-refractivity contribution in [1.29, 1.82) is 0 Å². The zero-order valence-electron chi connectivity index (χ0n) is 52.5. The van der Waals surface area contributed by atoms with Crippen molar-refractivity contribution in [2.75, 3.05) is 13.2 Å². The van der Waals surface area contributed by atoms with Crippen molar-refractivity contribution in [1.82, 2.24) is 0 Å². The van der Waals surface area contributed by atoms with Gasteiger partial charge in [-0.15, -0.1) is 0 Å². The molecule has 0 amide bonds. The highest BCUT2D eigenvalue weighted by Crippen LogP contribution is 2.19. The first-order chi connectivity index (χ1) is 38.0. The van der Waals surface area contributed by atoms with E-state index in [0.717, 1.165) is 70.6 Å². The molecule has 0 aliphatic rings. The number of allylic oxidation sites excluding steroid dienone is 2. The smallest absolute Gasteiger partial charge is 0.306 e. The average Bonchev–Trinajstić information content (AvgIpc) is 3.43. The molecule has 0 rings (SSSR count). The summed E-state index contributed by atoms with van der Waals surface area (Å²) in [5.41, 5.74) is 0. The Morgan fingerprint density at radius 1 is 0.247 bits per heavy atom. The number of rotatable bonds is 66. The number of esters is 3. The summed E-state index contributed by atoms with van der Waals surface area (Å²) in [6, 6.07) is 0. The molecular formula is C71H136O6. The van der Waals surface area contributed by atoms with Crippen LogP contribution in [-0.4, -0.2) is 37.2 Å². The number of ether oxygens (including phenoxy) is 3. The van der Waals surface area contributed by atoms with Gasteiger partial charge < -0.3 is 14.2 Å². The molecule has 1 atom stereocenters. The van der Waals surface area contributed by atoms with Gasteiger partial charge in [-0.05, 0) is 38.5 Å². The fourth-order valence-electron chi connectivity index (χ4n) is 11.0. The minimum Gasteiger partial charge on any atom is -0.462 e. The molecule has 6 heteroatoms. The molecule has 0 aromatic heterocycles. The van der Waals surface area contributed by atoms with Gasteiger partial charge in [0.1, 0.15) is 13.2 Å². The van der Waals surface area contributed by atoms with Crippen molar-refractivity contribution in [3.63, 3.8) is 0 Å². The average molecular weight is 1090 g/mol. The predicted molar refractivity (Wildman–Crippen MR) is 335 cm³/mol. The Kier molecular flexibility index (Phi) is 65.1. The Morgan fingerprint density at radius 2 is 0.455 bits per heavy atom. The molecule has 0 aromatic carbocycles. The van der Waals surface area contributed by atoms with Crippen LogP contribution in [0.3, 0.4) is 0 Å². The summed E-state index contributed by atoms with van der Waals surface area (Å²) < 4.78 is 16.9. The topological polar surface area (TPSA) is 78.9 Å². The van der Waals surface area contributed by atoms with Gasteiger partial charge in [0.2, 0.25) is 0 Å². The van der Waals surface area contributed by atoms with E-state index in [9.17, 15) is 14.4 Å². The van der Waals surface area contributed by atoms with Crippen LogP contribution in [-0.2, 0) is 28.6 Å². The molecule has 0 fully saturated rings. The van der Waals surface area contributed by atoms with Gasteiger partial charge in [0, 0.05) is 19.3 Å². The van der Waals surface area contributed by atoms with Crippen LogP contribution in [0.25, 0.3) is 0 Å². The SMILES string of the molecule is CCC/C=C\CCCCCCCC(=O)OCC(COC(=O)CCCCCCCCCCCCCCCCCCCCCCCCCCCCCC)OC(=O)CCCCCCCCCCCCCCCCCCCCCCC. The first-order valence-corrected chi connectivity index (χ1v) is 35.2. The molecule has 0 aromatic rings. The molecular weight excluding hydrogens is 949 g/mol. The third-order valence-electron chi connectivity index (χ3n) is 16.3. The van der Waals surface area contributed by atoms with Gasteiger partial charge in [-0.1, -0.05) is 360 Å². The van der Waals surface area contributed by atoms with Crippen molar-refractivity contribution in [3.05, 3.63) is 12.2 Å². The molecule has 6 nitrogen and oxygen atoms in total. The fourth-order valence-corrected chi connectivity index (χ4v) is 11.0. The van der Waals surface area contributed by atoms with Crippen molar-refractivity contribution in [2.24, 2.45) is 0 Å². The first kappa shape index (κ1) is 75.2. The molecule has 0 aliphatic heterocycles. The molecule has 0 saturated heterocycles. The lowest BCUT2D eigenvalue weighted by molar-refractivity contribution is -0.167. The van der Waals surface area contributed by atoms with Crippen LogP contribution in [0.1, 0.15) is 406 Å². The second-order valence-corrected chi connectivity index (χ2v) is 24.2. The lowest BCUT2D eigenvalue weighted by atomic mass is 10.0. The standard InChI is InChI=1S/C71H136O6/c1-4-7-10-13-16-19-22-24-26-28-30-32-33-34-35-36-37-38-40-41-43-45-47-49-52-55-58-61-64-70(73)76-67-68(66-75-69(72)63-60-57-54-51-21-18-15-12-9-6-3)77-71(74)65-62-59-56-53-50-48-46-44-42-39-31-29-27-25-23-20-17-14-11-8-5-2/h12,15,68H,4-11,13-14,16-67H2,1-3H3/b15-12-. The van der Waals surface area contributed by atoms with Crippen LogP contribution in [0.5, 0.6) is 0 Å². The number of carbonyl (C=O) groups is 3. The minimum absolute atomic E-state index is 0.0661. The van der Waals surface area contributed by atoms with Crippen molar-refractivity contribution < 1.29 is 28.6 Å². The largest absolute Gasteiger partial charge is 0.462 e. The summed E-state index contributed by atoms with van der Waals surface area (Å²) >= 11 is 0. The van der Waals surface area contributed by atoms with E-state index in [1.807, 2.05) is 0 Å². The van der Waals surface area contributed by atoms with E-state index < -0.39 is 6.10 Å². The lowest BCUT2D eigenvalue weighted by Crippen LogP contribution is -2.30. The van der Waals surface area contributed by atoms with Crippen LogP contribution in [0, 0.1) is 0 Å². The van der Waals surface area contributed by atoms with Crippen molar-refractivity contribution in [2.45, 2.75) is 412 Å². The van der Waals surface area contributed by atoms with Gasteiger partial charge in [0.05, 0.1) is 0 Å². The monoisotopic (exact) mass is 1090 g/mol. The van der Waals surface area contributed by atoms with E-state index in [1.165, 1.54) is 295 Å². The maximum atomic E-state index is 12.9. The highest BCUT2D eigenvalue weighted by Gasteiger charge is 2.19. The van der Waals surface area contributed by atoms with Gasteiger partial charge in [0.15, 0.2) is 6.10 Å². The number of unbranched alkanes of at least 4 members (excludes halogenated alkanes) is 53. The van der Waals surface area contributed by atoms with Crippen molar-refractivity contribution in [3.8, 4) is 0 Å². The predicted octanol–water partition coefficient (Wildman–Crippen LogP) is 24.0. The Hall–Kier alpha value is -1.85. The van der Waals surface area contributed by atoms with Gasteiger partial charge in [-0.25, -0.2) is 0 Å². The van der Waals surface area contributed by atoms with Crippen molar-refractivity contribution >= 4 is 17.9 Å². The zero-order valence-corrected chi connectivity index (χ0v) is 52.5. The summed E-state index contributed by atoms with van der Waals surface area (Å²) in [5, 5.41) is 0. The van der Waals surface area contributed by atoms with Crippen LogP contribution >= 0.6 is 0 Å². The Morgan fingerprint density at radius 3 is 0.701 bits per heavy atom. The third-order valence-corrected chi connectivity index (χ3v) is 16.3. The van der Waals surface area contributed by atoms with Gasteiger partial charge in [-0.2, -0.15) is 0 Å². The van der Waals surface area contributed by atoms with E-state index in [0.29, 0.717) is 19.3 Å². The Balaban J connectivity index is 4.09. The van der Waals surface area contributed by atoms with E-state index in [2.05, 4.69) is 32.9 Å². The van der Waals surface area contributed by atoms with Crippen LogP contribution in [0.2, 0.25) is 0 Å². The third kappa shape index (κ3) is 64.9. The number of hydrogen-bond donors (Lipinski definition) is 0. The first-order valence-electron chi connectivity index (χ1n) is 35.2. The van der Waals surface area contributed by atoms with Crippen LogP contribution < -0.4 is 0 Å².